The van der Waals surface area contributed by atoms with Crippen LogP contribution >= 0.6 is 27.5 Å². The Hall–Kier alpha value is -1.92. The van der Waals surface area contributed by atoms with E-state index < -0.39 is 10.8 Å². The number of nitro groups is 1. The van der Waals surface area contributed by atoms with Crippen LogP contribution in [-0.4, -0.2) is 10.8 Å². The summed E-state index contributed by atoms with van der Waals surface area (Å²) in [7, 11) is 0. The third-order valence-corrected chi connectivity index (χ3v) is 3.80. The van der Waals surface area contributed by atoms with E-state index in [9.17, 15) is 14.9 Å². The lowest BCUT2D eigenvalue weighted by molar-refractivity contribution is -0.384. The van der Waals surface area contributed by atoms with Crippen molar-refractivity contribution >= 4 is 44.8 Å². The number of anilines is 1. The summed E-state index contributed by atoms with van der Waals surface area (Å²) in [6.45, 7) is 1.87. The summed E-state index contributed by atoms with van der Waals surface area (Å²) in [5.41, 5.74) is 1.41. The summed E-state index contributed by atoms with van der Waals surface area (Å²) in [5.74, 6) is -0.474. The molecule has 0 bridgehead atoms. The molecule has 1 amide bonds. The van der Waals surface area contributed by atoms with Crippen LogP contribution in [0.15, 0.2) is 40.9 Å². The van der Waals surface area contributed by atoms with Gasteiger partial charge in [0, 0.05) is 16.6 Å². The fraction of sp³-hybridized carbons (Fsp3) is 0.0714. The average Bonchev–Trinajstić information content (AvgIpc) is 2.43. The number of non-ortho nitro benzene ring substituents is 1. The normalized spacial score (nSPS) is 10.2. The second-order valence-electron chi connectivity index (χ2n) is 4.36. The molecule has 0 aliphatic heterocycles. The van der Waals surface area contributed by atoms with E-state index in [2.05, 4.69) is 21.2 Å². The molecule has 0 radical (unpaired) electrons. The van der Waals surface area contributed by atoms with Crippen molar-refractivity contribution in [1.29, 1.82) is 0 Å². The molecule has 0 aliphatic rings. The molecule has 0 aromatic heterocycles. The van der Waals surface area contributed by atoms with E-state index in [0.717, 1.165) is 5.56 Å². The first-order chi connectivity index (χ1) is 9.88. The van der Waals surface area contributed by atoms with Gasteiger partial charge in [-0.25, -0.2) is 0 Å². The number of nitrogens with one attached hydrogen (secondary N) is 1. The molecule has 108 valence electrons. The number of hydrogen-bond donors (Lipinski definition) is 1. The van der Waals surface area contributed by atoms with Gasteiger partial charge in [0.25, 0.3) is 11.6 Å². The molecule has 0 spiro atoms. The summed E-state index contributed by atoms with van der Waals surface area (Å²) in [6, 6.07) is 9.22. The maximum atomic E-state index is 12.3. The van der Waals surface area contributed by atoms with Gasteiger partial charge in [-0.15, -0.1) is 0 Å². The third-order valence-electron chi connectivity index (χ3n) is 2.78. The van der Waals surface area contributed by atoms with Crippen molar-refractivity contribution in [2.75, 3.05) is 5.32 Å². The highest BCUT2D eigenvalue weighted by molar-refractivity contribution is 9.10. The van der Waals surface area contributed by atoms with Gasteiger partial charge in [-0.05, 0) is 46.6 Å². The number of aryl methyl sites for hydroxylation is 1. The molecule has 0 saturated carbocycles. The Bertz CT molecular complexity index is 734. The highest BCUT2D eigenvalue weighted by atomic mass is 79.9. The lowest BCUT2D eigenvalue weighted by atomic mass is 10.1. The number of amides is 1. The molecule has 2 rings (SSSR count). The van der Waals surface area contributed by atoms with Crippen LogP contribution in [0.4, 0.5) is 11.4 Å². The van der Waals surface area contributed by atoms with Crippen molar-refractivity contribution in [1.82, 2.24) is 0 Å². The van der Waals surface area contributed by atoms with Crippen LogP contribution in [0.25, 0.3) is 0 Å². The smallest absolute Gasteiger partial charge is 0.270 e. The molecule has 1 N–H and O–H groups in total. The van der Waals surface area contributed by atoms with Crippen LogP contribution in [0, 0.1) is 17.0 Å². The molecule has 21 heavy (non-hydrogen) atoms. The fourth-order valence-corrected chi connectivity index (χ4v) is 2.32. The Labute approximate surface area is 134 Å². The number of hydrogen-bond acceptors (Lipinski definition) is 3. The summed E-state index contributed by atoms with van der Waals surface area (Å²) < 4.78 is 0.467. The van der Waals surface area contributed by atoms with Crippen LogP contribution in [0.2, 0.25) is 5.02 Å². The molecule has 5 nitrogen and oxygen atoms in total. The lowest BCUT2D eigenvalue weighted by Gasteiger charge is -2.09. The van der Waals surface area contributed by atoms with Crippen molar-refractivity contribution < 1.29 is 9.72 Å². The standard InChI is InChI=1S/C14H10BrClN2O3/c1-8-2-5-12(16)13(6-8)17-14(19)10-7-9(18(20)21)3-4-11(10)15/h2-7H,1H3,(H,17,19). The first-order valence-corrected chi connectivity index (χ1v) is 7.07. The average molecular weight is 370 g/mol. The molecule has 0 fully saturated rings. The molecule has 0 atom stereocenters. The number of halogens is 2. The van der Waals surface area contributed by atoms with Crippen LogP contribution in [0.5, 0.6) is 0 Å². The summed E-state index contributed by atoms with van der Waals surface area (Å²) in [4.78, 5) is 22.5. The first kappa shape index (κ1) is 15.5. The molecular formula is C14H10BrClN2O3. The third kappa shape index (κ3) is 3.59. The highest BCUT2D eigenvalue weighted by Gasteiger charge is 2.16. The van der Waals surface area contributed by atoms with Crippen LogP contribution in [0.1, 0.15) is 15.9 Å². The Morgan fingerprint density at radius 3 is 2.67 bits per heavy atom. The zero-order valence-corrected chi connectivity index (χ0v) is 13.2. The zero-order chi connectivity index (χ0) is 15.6. The molecule has 0 heterocycles. The van der Waals surface area contributed by atoms with Crippen molar-refractivity contribution in [3.8, 4) is 0 Å². The molecule has 2 aromatic rings. The van der Waals surface area contributed by atoms with Gasteiger partial charge >= 0.3 is 0 Å². The van der Waals surface area contributed by atoms with Gasteiger partial charge in [0.05, 0.1) is 21.2 Å². The first-order valence-electron chi connectivity index (χ1n) is 5.90. The number of carbonyl (C=O) groups excluding carboxylic acids is 1. The van der Waals surface area contributed by atoms with E-state index in [1.54, 1.807) is 12.1 Å². The predicted octanol–water partition coefficient (Wildman–Crippen LogP) is 4.57. The van der Waals surface area contributed by atoms with Gasteiger partial charge < -0.3 is 5.32 Å². The maximum absolute atomic E-state index is 12.3. The highest BCUT2D eigenvalue weighted by Crippen LogP contribution is 2.26. The zero-order valence-electron chi connectivity index (χ0n) is 10.9. The second-order valence-corrected chi connectivity index (χ2v) is 5.62. The second kappa shape index (κ2) is 6.24. The SMILES string of the molecule is Cc1ccc(Cl)c(NC(=O)c2cc([N+](=O)[O-])ccc2Br)c1. The van der Waals surface area contributed by atoms with Crippen molar-refractivity contribution in [2.45, 2.75) is 6.92 Å². The number of nitrogens with zero attached hydrogens (tertiary/aromatic N) is 1. The number of nitro benzene ring substituents is 1. The van der Waals surface area contributed by atoms with E-state index in [-0.39, 0.29) is 11.3 Å². The van der Waals surface area contributed by atoms with Gasteiger partial charge in [0.15, 0.2) is 0 Å². The molecular weight excluding hydrogens is 360 g/mol. The lowest BCUT2D eigenvalue weighted by Crippen LogP contribution is -2.13. The predicted molar refractivity (Wildman–Crippen MR) is 84.9 cm³/mol. The summed E-state index contributed by atoms with van der Waals surface area (Å²) in [6.07, 6.45) is 0. The Morgan fingerprint density at radius 1 is 1.29 bits per heavy atom. The topological polar surface area (TPSA) is 72.2 Å². The quantitative estimate of drug-likeness (QED) is 0.636. The fourth-order valence-electron chi connectivity index (χ4n) is 1.73. The van der Waals surface area contributed by atoms with Gasteiger partial charge in [-0.3, -0.25) is 14.9 Å². The minimum atomic E-state index is -0.553. The van der Waals surface area contributed by atoms with Crippen LogP contribution < -0.4 is 5.32 Å². The van der Waals surface area contributed by atoms with Gasteiger partial charge in [-0.2, -0.15) is 0 Å². The molecule has 0 aliphatic carbocycles. The maximum Gasteiger partial charge on any atom is 0.270 e. The summed E-state index contributed by atoms with van der Waals surface area (Å²) in [5, 5.41) is 13.8. The molecule has 0 unspecified atom stereocenters. The Kier molecular flexibility index (Phi) is 4.59. The number of carbonyl (C=O) groups is 1. The Morgan fingerprint density at radius 2 is 2.00 bits per heavy atom. The van der Waals surface area contributed by atoms with Crippen molar-refractivity contribution in [3.05, 3.63) is 67.1 Å². The van der Waals surface area contributed by atoms with E-state index >= 15 is 0 Å². The van der Waals surface area contributed by atoms with Gasteiger partial charge in [0.1, 0.15) is 0 Å². The molecule has 0 saturated heterocycles. The van der Waals surface area contributed by atoms with Crippen LogP contribution in [-0.2, 0) is 0 Å². The summed E-state index contributed by atoms with van der Waals surface area (Å²) >= 11 is 9.22. The van der Waals surface area contributed by atoms with Crippen molar-refractivity contribution in [3.63, 3.8) is 0 Å². The van der Waals surface area contributed by atoms with E-state index in [1.165, 1.54) is 18.2 Å². The van der Waals surface area contributed by atoms with E-state index in [4.69, 9.17) is 11.6 Å². The monoisotopic (exact) mass is 368 g/mol. The minimum Gasteiger partial charge on any atom is -0.321 e. The van der Waals surface area contributed by atoms with E-state index in [1.807, 2.05) is 13.0 Å². The van der Waals surface area contributed by atoms with Gasteiger partial charge in [-0.1, -0.05) is 17.7 Å². The largest absolute Gasteiger partial charge is 0.321 e. The van der Waals surface area contributed by atoms with E-state index in [0.29, 0.717) is 15.2 Å². The molecule has 2 aromatic carbocycles. The number of rotatable bonds is 3. The van der Waals surface area contributed by atoms with Crippen molar-refractivity contribution in [2.24, 2.45) is 0 Å². The Balaban J connectivity index is 2.34. The van der Waals surface area contributed by atoms with Gasteiger partial charge in [0.2, 0.25) is 0 Å². The minimum absolute atomic E-state index is 0.154. The van der Waals surface area contributed by atoms with Crippen LogP contribution in [0.3, 0.4) is 0 Å². The molecule has 7 heteroatoms. The number of benzene rings is 2.